The van der Waals surface area contributed by atoms with Gasteiger partial charge < -0.3 is 10.3 Å². The van der Waals surface area contributed by atoms with Crippen molar-refractivity contribution in [1.29, 1.82) is 0 Å². The first kappa shape index (κ1) is 19.7. The van der Waals surface area contributed by atoms with E-state index in [1.807, 2.05) is 6.92 Å². The third-order valence-corrected chi connectivity index (χ3v) is 5.93. The molecule has 0 unspecified atom stereocenters. The standard InChI is InChI=1S/C23H23ClFN3O/c1-14-4-3-5-21-22(14)18(13-26-21)16-8-10-28(11-9-16)15(2)23(29)27-20-7-6-17(25)12-19(20)24/h3-8,12-13,15,26H,9-11H2,1-2H3,(H,27,29)/t15-/m0/s1. The Kier molecular flexibility index (Phi) is 5.43. The molecule has 0 aliphatic carbocycles. The van der Waals surface area contributed by atoms with Crippen molar-refractivity contribution in [2.75, 3.05) is 18.4 Å². The van der Waals surface area contributed by atoms with Gasteiger partial charge in [0.15, 0.2) is 0 Å². The molecule has 1 aromatic heterocycles. The maximum absolute atomic E-state index is 13.2. The second kappa shape index (κ2) is 8.01. The molecule has 2 aromatic carbocycles. The zero-order valence-electron chi connectivity index (χ0n) is 16.4. The van der Waals surface area contributed by atoms with Crippen molar-refractivity contribution in [3.05, 3.63) is 70.6 Å². The monoisotopic (exact) mass is 411 g/mol. The Bertz CT molecular complexity index is 1100. The first-order chi connectivity index (χ1) is 13.9. The van der Waals surface area contributed by atoms with Crippen LogP contribution in [0, 0.1) is 12.7 Å². The van der Waals surface area contributed by atoms with Gasteiger partial charge in [-0.2, -0.15) is 0 Å². The van der Waals surface area contributed by atoms with E-state index in [9.17, 15) is 9.18 Å². The molecule has 4 nitrogen and oxygen atoms in total. The molecule has 2 heterocycles. The van der Waals surface area contributed by atoms with Crippen LogP contribution < -0.4 is 5.32 Å². The molecule has 29 heavy (non-hydrogen) atoms. The summed E-state index contributed by atoms with van der Waals surface area (Å²) in [4.78, 5) is 18.1. The Balaban J connectivity index is 1.46. The number of halogens is 2. The molecule has 0 bridgehead atoms. The van der Waals surface area contributed by atoms with Crippen LogP contribution in [0.5, 0.6) is 0 Å². The molecule has 1 aliphatic heterocycles. The Labute approximate surface area is 174 Å². The van der Waals surface area contributed by atoms with Crippen molar-refractivity contribution < 1.29 is 9.18 Å². The molecule has 6 heteroatoms. The maximum atomic E-state index is 13.2. The summed E-state index contributed by atoms with van der Waals surface area (Å²) in [5.74, 6) is -0.583. The quantitative estimate of drug-likeness (QED) is 0.605. The van der Waals surface area contributed by atoms with Gasteiger partial charge in [-0.3, -0.25) is 9.69 Å². The summed E-state index contributed by atoms with van der Waals surface area (Å²) in [6, 6.07) is 9.92. The minimum atomic E-state index is -0.428. The lowest BCUT2D eigenvalue weighted by Gasteiger charge is -2.31. The fourth-order valence-corrected chi connectivity index (χ4v) is 4.11. The first-order valence-electron chi connectivity index (χ1n) is 9.70. The third-order valence-electron chi connectivity index (χ3n) is 5.62. The number of nitrogens with one attached hydrogen (secondary N) is 2. The van der Waals surface area contributed by atoms with Crippen LogP contribution in [0.3, 0.4) is 0 Å². The van der Waals surface area contributed by atoms with E-state index >= 15 is 0 Å². The number of hydrogen-bond acceptors (Lipinski definition) is 2. The molecule has 0 spiro atoms. The van der Waals surface area contributed by atoms with E-state index in [1.54, 1.807) is 0 Å². The predicted octanol–water partition coefficient (Wildman–Crippen LogP) is 5.39. The van der Waals surface area contributed by atoms with Gasteiger partial charge in [0.25, 0.3) is 0 Å². The summed E-state index contributed by atoms with van der Waals surface area (Å²) < 4.78 is 13.2. The molecule has 1 atom stereocenters. The zero-order valence-corrected chi connectivity index (χ0v) is 17.2. The van der Waals surface area contributed by atoms with Crippen molar-refractivity contribution in [3.8, 4) is 0 Å². The largest absolute Gasteiger partial charge is 0.361 e. The van der Waals surface area contributed by atoms with Gasteiger partial charge in [0, 0.05) is 35.8 Å². The van der Waals surface area contributed by atoms with Crippen LogP contribution in [0.4, 0.5) is 10.1 Å². The molecule has 1 aliphatic rings. The summed E-state index contributed by atoms with van der Waals surface area (Å²) in [5.41, 5.74) is 5.37. The number of fused-ring (bicyclic) bond motifs is 1. The lowest BCUT2D eigenvalue weighted by molar-refractivity contribution is -0.120. The number of carbonyl (C=O) groups is 1. The minimum Gasteiger partial charge on any atom is -0.361 e. The van der Waals surface area contributed by atoms with Crippen LogP contribution in [0.2, 0.25) is 5.02 Å². The molecule has 3 aromatic rings. The molecule has 1 amide bonds. The van der Waals surface area contributed by atoms with E-state index in [-0.39, 0.29) is 17.0 Å². The van der Waals surface area contributed by atoms with E-state index in [1.165, 1.54) is 40.3 Å². The first-order valence-corrected chi connectivity index (χ1v) is 10.1. The van der Waals surface area contributed by atoms with E-state index in [4.69, 9.17) is 11.6 Å². The highest BCUT2D eigenvalue weighted by atomic mass is 35.5. The number of amides is 1. The number of H-pyrrole nitrogens is 1. The van der Waals surface area contributed by atoms with Gasteiger partial charge in [0.05, 0.1) is 16.8 Å². The van der Waals surface area contributed by atoms with Gasteiger partial charge in [-0.1, -0.05) is 29.8 Å². The van der Waals surface area contributed by atoms with E-state index < -0.39 is 5.82 Å². The van der Waals surface area contributed by atoms with Gasteiger partial charge in [0.2, 0.25) is 5.91 Å². The van der Waals surface area contributed by atoms with Gasteiger partial charge in [-0.15, -0.1) is 0 Å². The maximum Gasteiger partial charge on any atom is 0.241 e. The Morgan fingerprint density at radius 2 is 2.14 bits per heavy atom. The number of hydrogen-bond donors (Lipinski definition) is 2. The van der Waals surface area contributed by atoms with Crippen molar-refractivity contribution >= 4 is 39.7 Å². The van der Waals surface area contributed by atoms with Crippen molar-refractivity contribution in [2.45, 2.75) is 26.3 Å². The highest BCUT2D eigenvalue weighted by molar-refractivity contribution is 6.33. The highest BCUT2D eigenvalue weighted by Crippen LogP contribution is 2.31. The number of aromatic amines is 1. The smallest absolute Gasteiger partial charge is 0.241 e. The Morgan fingerprint density at radius 1 is 1.31 bits per heavy atom. The minimum absolute atomic E-state index is 0.154. The van der Waals surface area contributed by atoms with Crippen LogP contribution in [0.1, 0.15) is 24.5 Å². The zero-order chi connectivity index (χ0) is 20.5. The molecule has 0 fully saturated rings. The molecule has 0 saturated carbocycles. The normalized spacial score (nSPS) is 15.9. The molecular formula is C23H23ClFN3O. The van der Waals surface area contributed by atoms with Crippen molar-refractivity contribution in [3.63, 3.8) is 0 Å². The average molecular weight is 412 g/mol. The van der Waals surface area contributed by atoms with Gasteiger partial charge >= 0.3 is 0 Å². The number of carbonyl (C=O) groups excluding carboxylic acids is 1. The Hall–Kier alpha value is -2.63. The summed E-state index contributed by atoms with van der Waals surface area (Å²) >= 11 is 6.02. The Morgan fingerprint density at radius 3 is 2.86 bits per heavy atom. The number of nitrogens with zero attached hydrogens (tertiary/aromatic N) is 1. The SMILES string of the molecule is Cc1cccc2[nH]cc(C3=CCN([C@@H](C)C(=O)Nc4ccc(F)cc4Cl)CC3)c12. The number of rotatable bonds is 4. The fourth-order valence-electron chi connectivity index (χ4n) is 3.90. The van der Waals surface area contributed by atoms with Crippen molar-refractivity contribution in [2.24, 2.45) is 0 Å². The third kappa shape index (κ3) is 3.93. The van der Waals surface area contributed by atoms with Crippen molar-refractivity contribution in [1.82, 2.24) is 9.88 Å². The van der Waals surface area contributed by atoms with E-state index in [0.29, 0.717) is 12.2 Å². The van der Waals surface area contributed by atoms with Gasteiger partial charge in [-0.05, 0) is 55.7 Å². The second-order valence-electron chi connectivity index (χ2n) is 7.46. The molecular weight excluding hydrogens is 389 g/mol. The average Bonchev–Trinajstić information content (AvgIpc) is 3.15. The van der Waals surface area contributed by atoms with Gasteiger partial charge in [0.1, 0.15) is 5.82 Å². The highest BCUT2D eigenvalue weighted by Gasteiger charge is 2.25. The second-order valence-corrected chi connectivity index (χ2v) is 7.87. The molecule has 2 N–H and O–H groups in total. The number of aromatic nitrogens is 1. The van der Waals surface area contributed by atoms with E-state index in [2.05, 4.69) is 52.6 Å². The fraction of sp³-hybridized carbons (Fsp3) is 0.261. The number of benzene rings is 2. The number of anilines is 1. The summed E-state index contributed by atoms with van der Waals surface area (Å²) in [7, 11) is 0. The molecule has 0 radical (unpaired) electrons. The number of aryl methyl sites for hydroxylation is 1. The topological polar surface area (TPSA) is 48.1 Å². The lowest BCUT2D eigenvalue weighted by Crippen LogP contribution is -2.44. The van der Waals surface area contributed by atoms with Crippen LogP contribution in [-0.4, -0.2) is 34.9 Å². The lowest BCUT2D eigenvalue weighted by atomic mass is 9.96. The van der Waals surface area contributed by atoms with Crippen LogP contribution in [0.15, 0.2) is 48.7 Å². The molecule has 0 saturated heterocycles. The summed E-state index contributed by atoms with van der Waals surface area (Å²) in [5, 5.41) is 4.26. The van der Waals surface area contributed by atoms with E-state index in [0.717, 1.165) is 18.5 Å². The van der Waals surface area contributed by atoms with Gasteiger partial charge in [-0.25, -0.2) is 4.39 Å². The summed E-state index contributed by atoms with van der Waals surface area (Å²) in [6.45, 7) is 5.49. The van der Waals surface area contributed by atoms with Crippen LogP contribution in [0.25, 0.3) is 16.5 Å². The molecule has 4 rings (SSSR count). The van der Waals surface area contributed by atoms with Crippen LogP contribution >= 0.6 is 11.6 Å². The summed E-state index contributed by atoms with van der Waals surface area (Å²) in [6.07, 6.45) is 5.15. The molecule has 150 valence electrons. The van der Waals surface area contributed by atoms with Crippen LogP contribution in [-0.2, 0) is 4.79 Å². The predicted molar refractivity (Wildman–Crippen MR) is 117 cm³/mol.